The van der Waals surface area contributed by atoms with E-state index in [0.29, 0.717) is 31.1 Å². The van der Waals surface area contributed by atoms with Crippen molar-refractivity contribution in [3.05, 3.63) is 66.4 Å². The van der Waals surface area contributed by atoms with Gasteiger partial charge in [-0.1, -0.05) is 0 Å². The Morgan fingerprint density at radius 1 is 1.34 bits per heavy atom. The van der Waals surface area contributed by atoms with E-state index in [1.165, 1.54) is 36.8 Å². The van der Waals surface area contributed by atoms with Gasteiger partial charge in [0.1, 0.15) is 29.2 Å². The number of hydrogen-bond donors (Lipinski definition) is 1. The van der Waals surface area contributed by atoms with Crippen molar-refractivity contribution in [2.24, 2.45) is 0 Å². The standard InChI is InChI=1S/C20H20FN3O4S/c1-22-9-14-7-20(24(11-14)29(25,26)17-3-2-6-23-10-17)18-5-4-15(8-19(18)21)27-12-16-13-28-16/h2-8,10-11,16,22H,9,12-13H2,1H3. The molecule has 0 aliphatic carbocycles. The second-order valence-corrected chi connectivity index (χ2v) is 8.48. The molecule has 0 bridgehead atoms. The van der Waals surface area contributed by atoms with Crippen molar-refractivity contribution in [3.8, 4) is 17.0 Å². The van der Waals surface area contributed by atoms with Gasteiger partial charge in [0.25, 0.3) is 10.0 Å². The van der Waals surface area contributed by atoms with Crippen LogP contribution in [0.15, 0.2) is 59.9 Å². The molecule has 0 saturated carbocycles. The first kappa shape index (κ1) is 19.6. The van der Waals surface area contributed by atoms with Crippen molar-refractivity contribution >= 4 is 10.0 Å². The lowest BCUT2D eigenvalue weighted by molar-refractivity contribution is 0.262. The second kappa shape index (κ2) is 7.94. The fraction of sp³-hybridized carbons (Fsp3) is 0.250. The SMILES string of the molecule is CNCc1cc(-c2ccc(OCC3CO3)cc2F)n(S(=O)(=O)c2cccnc2)c1. The maximum Gasteiger partial charge on any atom is 0.269 e. The van der Waals surface area contributed by atoms with Gasteiger partial charge in [0, 0.05) is 36.8 Å². The molecule has 152 valence electrons. The summed E-state index contributed by atoms with van der Waals surface area (Å²) in [5.41, 5.74) is 1.10. The molecule has 1 fully saturated rings. The first-order valence-corrected chi connectivity index (χ1v) is 10.5. The third-order valence-electron chi connectivity index (χ3n) is 4.47. The molecule has 0 amide bonds. The van der Waals surface area contributed by atoms with Crippen LogP contribution < -0.4 is 10.1 Å². The second-order valence-electron chi connectivity index (χ2n) is 6.66. The summed E-state index contributed by atoms with van der Waals surface area (Å²) < 4.78 is 52.9. The van der Waals surface area contributed by atoms with Crippen molar-refractivity contribution in [1.82, 2.24) is 14.3 Å². The normalized spacial score (nSPS) is 16.0. The molecule has 0 spiro atoms. The van der Waals surface area contributed by atoms with E-state index in [-0.39, 0.29) is 22.3 Å². The van der Waals surface area contributed by atoms with Gasteiger partial charge < -0.3 is 14.8 Å². The van der Waals surface area contributed by atoms with E-state index in [0.717, 1.165) is 3.97 Å². The van der Waals surface area contributed by atoms with Crippen molar-refractivity contribution in [1.29, 1.82) is 0 Å². The summed E-state index contributed by atoms with van der Waals surface area (Å²) in [6.07, 6.45) is 4.31. The smallest absolute Gasteiger partial charge is 0.269 e. The molecule has 3 aromatic rings. The van der Waals surface area contributed by atoms with Gasteiger partial charge in [-0.2, -0.15) is 0 Å². The quantitative estimate of drug-likeness (QED) is 0.567. The number of epoxide rings is 1. The zero-order valence-corrected chi connectivity index (χ0v) is 16.5. The fourth-order valence-electron chi connectivity index (χ4n) is 2.95. The number of nitrogens with one attached hydrogen (secondary N) is 1. The van der Waals surface area contributed by atoms with Crippen LogP contribution in [0.1, 0.15) is 5.56 Å². The largest absolute Gasteiger partial charge is 0.491 e. The first-order valence-electron chi connectivity index (χ1n) is 9.05. The fourth-order valence-corrected chi connectivity index (χ4v) is 4.31. The third kappa shape index (κ3) is 4.16. The molecule has 1 saturated heterocycles. The summed E-state index contributed by atoms with van der Waals surface area (Å²) in [7, 11) is -2.19. The van der Waals surface area contributed by atoms with Crippen LogP contribution in [0.4, 0.5) is 4.39 Å². The number of hydrogen-bond acceptors (Lipinski definition) is 6. The summed E-state index contributed by atoms with van der Waals surface area (Å²) in [5.74, 6) is -0.207. The van der Waals surface area contributed by atoms with Gasteiger partial charge in [0.15, 0.2) is 0 Å². The Labute approximate surface area is 168 Å². The predicted molar refractivity (Wildman–Crippen MR) is 105 cm³/mol. The van der Waals surface area contributed by atoms with E-state index in [1.807, 2.05) is 0 Å². The van der Waals surface area contributed by atoms with E-state index in [1.54, 1.807) is 25.2 Å². The first-order chi connectivity index (χ1) is 14.0. The molecule has 4 rings (SSSR count). The van der Waals surface area contributed by atoms with Crippen LogP contribution in [0.25, 0.3) is 11.3 Å². The Bertz CT molecular complexity index is 1110. The molecule has 9 heteroatoms. The van der Waals surface area contributed by atoms with Gasteiger partial charge >= 0.3 is 0 Å². The highest BCUT2D eigenvalue weighted by molar-refractivity contribution is 7.90. The highest BCUT2D eigenvalue weighted by Crippen LogP contribution is 2.31. The minimum atomic E-state index is -3.94. The van der Waals surface area contributed by atoms with Gasteiger partial charge in [0.05, 0.1) is 12.3 Å². The van der Waals surface area contributed by atoms with E-state index < -0.39 is 15.8 Å². The van der Waals surface area contributed by atoms with Gasteiger partial charge in [-0.25, -0.2) is 16.8 Å². The van der Waals surface area contributed by atoms with Gasteiger partial charge in [-0.05, 0) is 42.9 Å². The molecule has 29 heavy (non-hydrogen) atoms. The number of nitrogens with zero attached hydrogens (tertiary/aromatic N) is 2. The highest BCUT2D eigenvalue weighted by atomic mass is 32.2. The molecule has 1 N–H and O–H groups in total. The summed E-state index contributed by atoms with van der Waals surface area (Å²) >= 11 is 0. The minimum absolute atomic E-state index is 0.0256. The molecule has 1 aromatic carbocycles. The number of benzene rings is 1. The molecule has 1 atom stereocenters. The van der Waals surface area contributed by atoms with Crippen LogP contribution in [0, 0.1) is 5.82 Å². The Morgan fingerprint density at radius 2 is 2.17 bits per heavy atom. The van der Waals surface area contributed by atoms with Crippen molar-refractivity contribution < 1.29 is 22.3 Å². The topological polar surface area (TPSA) is 85.8 Å². The lowest BCUT2D eigenvalue weighted by Crippen LogP contribution is -2.14. The molecule has 1 unspecified atom stereocenters. The number of rotatable bonds is 8. The van der Waals surface area contributed by atoms with Crippen LogP contribution >= 0.6 is 0 Å². The van der Waals surface area contributed by atoms with Gasteiger partial charge in [-0.15, -0.1) is 0 Å². The maximum atomic E-state index is 14.9. The zero-order chi connectivity index (χ0) is 20.4. The molecular weight excluding hydrogens is 397 g/mol. The Kier molecular flexibility index (Phi) is 5.35. The van der Waals surface area contributed by atoms with Gasteiger partial charge in [0.2, 0.25) is 0 Å². The summed E-state index contributed by atoms with van der Waals surface area (Å²) in [6, 6.07) is 9.04. The molecule has 0 radical (unpaired) electrons. The molecule has 1 aliphatic rings. The van der Waals surface area contributed by atoms with E-state index in [4.69, 9.17) is 9.47 Å². The molecule has 7 nitrogen and oxygen atoms in total. The van der Waals surface area contributed by atoms with Gasteiger partial charge in [-0.3, -0.25) is 4.98 Å². The van der Waals surface area contributed by atoms with Crippen LogP contribution in [0.5, 0.6) is 5.75 Å². The monoisotopic (exact) mass is 417 g/mol. The number of aromatic nitrogens is 2. The van der Waals surface area contributed by atoms with E-state index in [9.17, 15) is 12.8 Å². The molecule has 3 heterocycles. The summed E-state index contributed by atoms with van der Waals surface area (Å²) in [5, 5.41) is 2.98. The Morgan fingerprint density at radius 3 is 2.83 bits per heavy atom. The molecular formula is C20H20FN3O4S. The van der Waals surface area contributed by atoms with E-state index >= 15 is 0 Å². The minimum Gasteiger partial charge on any atom is -0.491 e. The van der Waals surface area contributed by atoms with Crippen molar-refractivity contribution in [2.45, 2.75) is 17.5 Å². The summed E-state index contributed by atoms with van der Waals surface area (Å²) in [6.45, 7) is 1.44. The lowest BCUT2D eigenvalue weighted by Gasteiger charge is -2.12. The van der Waals surface area contributed by atoms with Crippen molar-refractivity contribution in [2.75, 3.05) is 20.3 Å². The van der Waals surface area contributed by atoms with Crippen LogP contribution in [-0.2, 0) is 21.3 Å². The highest BCUT2D eigenvalue weighted by Gasteiger charge is 2.25. The number of halogens is 1. The summed E-state index contributed by atoms with van der Waals surface area (Å²) in [4.78, 5) is 3.91. The van der Waals surface area contributed by atoms with Crippen LogP contribution in [0.2, 0.25) is 0 Å². The van der Waals surface area contributed by atoms with Crippen LogP contribution in [-0.4, -0.2) is 43.7 Å². The number of ether oxygens (including phenoxy) is 2. The predicted octanol–water partition coefficient (Wildman–Crippen LogP) is 2.42. The Balaban J connectivity index is 1.75. The average molecular weight is 417 g/mol. The third-order valence-corrected chi connectivity index (χ3v) is 6.13. The maximum absolute atomic E-state index is 14.9. The zero-order valence-electron chi connectivity index (χ0n) is 15.7. The molecule has 2 aromatic heterocycles. The Hall–Kier alpha value is -2.75. The lowest BCUT2D eigenvalue weighted by atomic mass is 10.1. The van der Waals surface area contributed by atoms with E-state index in [2.05, 4.69) is 10.3 Å². The number of pyridine rings is 1. The van der Waals surface area contributed by atoms with Crippen molar-refractivity contribution in [3.63, 3.8) is 0 Å². The van der Waals surface area contributed by atoms with Crippen LogP contribution in [0.3, 0.4) is 0 Å². The average Bonchev–Trinajstić information content (AvgIpc) is 3.45. The molecule has 1 aliphatic heterocycles.